The first kappa shape index (κ1) is 18.2. The van der Waals surface area contributed by atoms with E-state index in [2.05, 4.69) is 15.3 Å². The van der Waals surface area contributed by atoms with Crippen LogP contribution in [0.2, 0.25) is 0 Å². The van der Waals surface area contributed by atoms with Crippen LogP contribution in [-0.4, -0.2) is 21.6 Å². The standard InChI is InChI=1S/C17H14F3N3O2S/c1-9-10(2)25-16-14(9)15(21-8-22-16)23-13(24)7-26-12-5-3-4-11(6-12)17(18,19)20/h3-6,8H,7H2,1-2H3,(H,21,22,23,24). The monoisotopic (exact) mass is 381 g/mol. The molecule has 0 aliphatic carbocycles. The number of hydrogen-bond donors (Lipinski definition) is 1. The average molecular weight is 381 g/mol. The van der Waals surface area contributed by atoms with Crippen molar-refractivity contribution in [3.05, 3.63) is 47.5 Å². The molecule has 0 spiro atoms. The molecule has 5 nitrogen and oxygen atoms in total. The van der Waals surface area contributed by atoms with Gasteiger partial charge in [-0.3, -0.25) is 4.79 Å². The van der Waals surface area contributed by atoms with E-state index in [4.69, 9.17) is 4.42 Å². The molecule has 0 radical (unpaired) electrons. The van der Waals surface area contributed by atoms with Crippen LogP contribution in [0.25, 0.3) is 11.1 Å². The van der Waals surface area contributed by atoms with Gasteiger partial charge in [0.25, 0.3) is 0 Å². The largest absolute Gasteiger partial charge is 0.443 e. The second-order valence-electron chi connectivity index (χ2n) is 5.55. The van der Waals surface area contributed by atoms with Gasteiger partial charge in [-0.2, -0.15) is 13.2 Å². The summed E-state index contributed by atoms with van der Waals surface area (Å²) in [4.78, 5) is 20.6. The van der Waals surface area contributed by atoms with Crippen LogP contribution >= 0.6 is 11.8 Å². The minimum Gasteiger partial charge on any atom is -0.443 e. The smallest absolute Gasteiger partial charge is 0.416 e. The van der Waals surface area contributed by atoms with Crippen LogP contribution in [0.1, 0.15) is 16.9 Å². The number of amides is 1. The molecule has 0 atom stereocenters. The molecular formula is C17H14F3N3O2S. The summed E-state index contributed by atoms with van der Waals surface area (Å²) in [5.74, 6) is 0.557. The number of nitrogens with zero attached hydrogens (tertiary/aromatic N) is 2. The van der Waals surface area contributed by atoms with Crippen molar-refractivity contribution < 1.29 is 22.4 Å². The van der Waals surface area contributed by atoms with Crippen LogP contribution in [0.15, 0.2) is 39.9 Å². The molecule has 26 heavy (non-hydrogen) atoms. The van der Waals surface area contributed by atoms with Gasteiger partial charge in [0, 0.05) is 10.5 Å². The van der Waals surface area contributed by atoms with Crippen molar-refractivity contribution in [3.8, 4) is 0 Å². The highest BCUT2D eigenvalue weighted by atomic mass is 32.2. The number of halogens is 3. The van der Waals surface area contributed by atoms with Crippen LogP contribution in [0.5, 0.6) is 0 Å². The van der Waals surface area contributed by atoms with E-state index in [0.717, 1.165) is 29.5 Å². The lowest BCUT2D eigenvalue weighted by molar-refractivity contribution is -0.137. The summed E-state index contributed by atoms with van der Waals surface area (Å²) >= 11 is 1.01. The van der Waals surface area contributed by atoms with Gasteiger partial charge < -0.3 is 9.73 Å². The normalized spacial score (nSPS) is 11.7. The first-order valence-corrected chi connectivity index (χ1v) is 8.55. The second-order valence-corrected chi connectivity index (χ2v) is 6.60. The number of fused-ring (bicyclic) bond motifs is 1. The van der Waals surface area contributed by atoms with E-state index in [0.29, 0.717) is 27.6 Å². The third-order valence-corrected chi connectivity index (χ3v) is 4.75. The highest BCUT2D eigenvalue weighted by Gasteiger charge is 2.30. The fourth-order valence-corrected chi connectivity index (χ4v) is 3.11. The van der Waals surface area contributed by atoms with E-state index in [9.17, 15) is 18.0 Å². The van der Waals surface area contributed by atoms with E-state index in [1.165, 1.54) is 18.5 Å². The Morgan fingerprint density at radius 3 is 2.77 bits per heavy atom. The highest BCUT2D eigenvalue weighted by Crippen LogP contribution is 2.32. The average Bonchev–Trinajstić information content (AvgIpc) is 2.88. The van der Waals surface area contributed by atoms with Gasteiger partial charge in [0.15, 0.2) is 0 Å². The molecule has 0 bridgehead atoms. The van der Waals surface area contributed by atoms with Gasteiger partial charge in [0.2, 0.25) is 11.6 Å². The molecule has 0 unspecified atom stereocenters. The van der Waals surface area contributed by atoms with Crippen molar-refractivity contribution in [1.29, 1.82) is 0 Å². The van der Waals surface area contributed by atoms with Crippen molar-refractivity contribution in [3.63, 3.8) is 0 Å². The van der Waals surface area contributed by atoms with Crippen LogP contribution in [-0.2, 0) is 11.0 Å². The number of carbonyl (C=O) groups is 1. The maximum Gasteiger partial charge on any atom is 0.416 e. The molecule has 0 saturated carbocycles. The topological polar surface area (TPSA) is 68.0 Å². The number of benzene rings is 1. The summed E-state index contributed by atoms with van der Waals surface area (Å²) in [5, 5.41) is 3.27. The Labute approximate surface area is 151 Å². The van der Waals surface area contributed by atoms with Crippen molar-refractivity contribution in [2.24, 2.45) is 0 Å². The van der Waals surface area contributed by atoms with Crippen molar-refractivity contribution in [2.75, 3.05) is 11.1 Å². The summed E-state index contributed by atoms with van der Waals surface area (Å²) in [7, 11) is 0. The predicted octanol–water partition coefficient (Wildman–Crippen LogP) is 4.59. The molecule has 3 aromatic rings. The zero-order valence-corrected chi connectivity index (χ0v) is 14.7. The number of carbonyl (C=O) groups excluding carboxylic acids is 1. The van der Waals surface area contributed by atoms with Gasteiger partial charge in [-0.25, -0.2) is 9.97 Å². The molecule has 0 aliphatic rings. The number of aryl methyl sites for hydroxylation is 2. The number of hydrogen-bond acceptors (Lipinski definition) is 5. The molecule has 2 aromatic heterocycles. The van der Waals surface area contributed by atoms with E-state index in [-0.39, 0.29) is 11.7 Å². The third kappa shape index (κ3) is 3.82. The first-order chi connectivity index (χ1) is 12.3. The van der Waals surface area contributed by atoms with Crippen molar-refractivity contribution in [2.45, 2.75) is 24.9 Å². The minimum atomic E-state index is -4.41. The van der Waals surface area contributed by atoms with E-state index >= 15 is 0 Å². The van der Waals surface area contributed by atoms with E-state index in [1.807, 2.05) is 6.92 Å². The summed E-state index contributed by atoms with van der Waals surface area (Å²) in [6.07, 6.45) is -3.14. The number of rotatable bonds is 4. The van der Waals surface area contributed by atoms with Gasteiger partial charge in [-0.15, -0.1) is 11.8 Å². The maximum atomic E-state index is 12.7. The molecule has 9 heteroatoms. The summed E-state index contributed by atoms with van der Waals surface area (Å²) in [6, 6.07) is 4.85. The fourth-order valence-electron chi connectivity index (χ4n) is 2.36. The zero-order valence-electron chi connectivity index (χ0n) is 13.8. The highest BCUT2D eigenvalue weighted by molar-refractivity contribution is 8.00. The number of thioether (sulfide) groups is 1. The number of anilines is 1. The minimum absolute atomic E-state index is 0.0529. The molecule has 136 valence electrons. The molecule has 0 fully saturated rings. The third-order valence-electron chi connectivity index (χ3n) is 3.75. The Balaban J connectivity index is 1.71. The van der Waals surface area contributed by atoms with Gasteiger partial charge in [-0.05, 0) is 32.0 Å². The van der Waals surface area contributed by atoms with Crippen LogP contribution in [0, 0.1) is 13.8 Å². The molecule has 0 saturated heterocycles. The Kier molecular flexibility index (Phi) is 4.90. The lowest BCUT2D eigenvalue weighted by atomic mass is 10.2. The molecular weight excluding hydrogens is 367 g/mol. The maximum absolute atomic E-state index is 12.7. The Morgan fingerprint density at radius 2 is 2.04 bits per heavy atom. The first-order valence-electron chi connectivity index (χ1n) is 7.56. The van der Waals surface area contributed by atoms with E-state index < -0.39 is 11.7 Å². The quantitative estimate of drug-likeness (QED) is 0.670. The Bertz CT molecular complexity index is 970. The lowest BCUT2D eigenvalue weighted by Gasteiger charge is -2.09. The molecule has 3 rings (SSSR count). The van der Waals surface area contributed by atoms with Crippen molar-refractivity contribution in [1.82, 2.24) is 9.97 Å². The Hall–Kier alpha value is -2.55. The lowest BCUT2D eigenvalue weighted by Crippen LogP contribution is -2.15. The number of nitrogens with one attached hydrogen (secondary N) is 1. The molecule has 1 amide bonds. The number of aromatic nitrogens is 2. The summed E-state index contributed by atoms with van der Waals surface area (Å²) < 4.78 is 43.7. The van der Waals surface area contributed by atoms with Crippen LogP contribution < -0.4 is 5.32 Å². The molecule has 0 aliphatic heterocycles. The second kappa shape index (κ2) is 6.99. The van der Waals surface area contributed by atoms with Gasteiger partial charge in [0.1, 0.15) is 17.9 Å². The van der Waals surface area contributed by atoms with Crippen LogP contribution in [0.4, 0.5) is 19.0 Å². The number of furan rings is 1. The zero-order chi connectivity index (χ0) is 18.9. The van der Waals surface area contributed by atoms with E-state index in [1.54, 1.807) is 6.92 Å². The fraction of sp³-hybridized carbons (Fsp3) is 0.235. The van der Waals surface area contributed by atoms with Gasteiger partial charge in [0.05, 0.1) is 16.7 Å². The Morgan fingerprint density at radius 1 is 1.27 bits per heavy atom. The SMILES string of the molecule is Cc1oc2ncnc(NC(=O)CSc3cccc(C(F)(F)F)c3)c2c1C. The van der Waals surface area contributed by atoms with Gasteiger partial charge >= 0.3 is 6.18 Å². The number of alkyl halides is 3. The molecule has 1 N–H and O–H groups in total. The molecule has 2 heterocycles. The summed E-state index contributed by atoms with van der Waals surface area (Å²) in [5.41, 5.74) is 0.446. The van der Waals surface area contributed by atoms with Crippen molar-refractivity contribution >= 4 is 34.6 Å². The summed E-state index contributed by atoms with van der Waals surface area (Å²) in [6.45, 7) is 3.61. The molecule has 1 aromatic carbocycles. The van der Waals surface area contributed by atoms with Gasteiger partial charge in [-0.1, -0.05) is 6.07 Å². The predicted molar refractivity (Wildman–Crippen MR) is 92.1 cm³/mol. The van der Waals surface area contributed by atoms with Crippen LogP contribution in [0.3, 0.4) is 0 Å².